The topological polar surface area (TPSA) is 42.0 Å². The van der Waals surface area contributed by atoms with Crippen LogP contribution >= 0.6 is 0 Å². The third kappa shape index (κ3) is 3.07. The van der Waals surface area contributed by atoms with Gasteiger partial charge in [-0.3, -0.25) is 4.21 Å². The maximum absolute atomic E-state index is 11.4. The minimum atomic E-state index is -0.725. The Bertz CT molecular complexity index is 569. The smallest absolute Gasteiger partial charge is 0.129 e. The summed E-state index contributed by atoms with van der Waals surface area (Å²) in [7, 11) is -0.725. The van der Waals surface area contributed by atoms with Gasteiger partial charge in [-0.2, -0.15) is 0 Å². The van der Waals surface area contributed by atoms with Crippen molar-refractivity contribution in [3.05, 3.63) is 35.9 Å². The van der Waals surface area contributed by atoms with Crippen LogP contribution in [0.1, 0.15) is 12.5 Å². The zero-order valence-corrected chi connectivity index (χ0v) is 11.6. The van der Waals surface area contributed by atoms with Gasteiger partial charge in [0.05, 0.1) is 5.52 Å². The molecule has 0 saturated carbocycles. The van der Waals surface area contributed by atoms with Gasteiger partial charge in [0.15, 0.2) is 0 Å². The average molecular weight is 262 g/mol. The summed E-state index contributed by atoms with van der Waals surface area (Å²) in [5, 5.41) is 4.42. The van der Waals surface area contributed by atoms with Crippen molar-refractivity contribution >= 4 is 27.5 Å². The van der Waals surface area contributed by atoms with Crippen LogP contribution in [0.15, 0.2) is 30.3 Å². The molecular weight excluding hydrogens is 244 g/mol. The summed E-state index contributed by atoms with van der Waals surface area (Å²) in [5.74, 6) is 2.28. The van der Waals surface area contributed by atoms with Crippen LogP contribution in [0.3, 0.4) is 0 Å². The largest absolute Gasteiger partial charge is 0.369 e. The molecule has 0 aliphatic heterocycles. The molecule has 2 rings (SSSR count). The van der Waals surface area contributed by atoms with Gasteiger partial charge in [0.2, 0.25) is 0 Å². The van der Waals surface area contributed by atoms with E-state index in [1.165, 1.54) is 0 Å². The number of aromatic nitrogens is 1. The molecule has 4 heteroatoms. The summed E-state index contributed by atoms with van der Waals surface area (Å²) in [5.41, 5.74) is 2.11. The van der Waals surface area contributed by atoms with Crippen molar-refractivity contribution < 1.29 is 4.21 Å². The molecule has 0 spiro atoms. The van der Waals surface area contributed by atoms with E-state index in [0.29, 0.717) is 18.1 Å². The molecule has 18 heavy (non-hydrogen) atoms. The molecule has 1 unspecified atom stereocenters. The summed E-state index contributed by atoms with van der Waals surface area (Å²) >= 11 is 0. The van der Waals surface area contributed by atoms with Crippen molar-refractivity contribution in [2.75, 3.05) is 23.4 Å². The standard InChI is InChI=1S/C14H18N2OS/c1-3-18(17)9-8-15-14-11(2)10-12-6-4-5-7-13(12)16-14/h4-7,10H,3,8-9H2,1-2H3,(H,15,16). The fourth-order valence-electron chi connectivity index (χ4n) is 1.83. The first-order valence-electron chi connectivity index (χ1n) is 6.16. The number of rotatable bonds is 5. The van der Waals surface area contributed by atoms with Crippen LogP contribution in [0.2, 0.25) is 0 Å². The van der Waals surface area contributed by atoms with Crippen LogP contribution in [0.5, 0.6) is 0 Å². The first-order valence-corrected chi connectivity index (χ1v) is 7.64. The molecule has 3 nitrogen and oxygen atoms in total. The summed E-state index contributed by atoms with van der Waals surface area (Å²) in [4.78, 5) is 4.59. The van der Waals surface area contributed by atoms with E-state index in [9.17, 15) is 4.21 Å². The van der Waals surface area contributed by atoms with Gasteiger partial charge in [-0.1, -0.05) is 25.1 Å². The zero-order chi connectivity index (χ0) is 13.0. The van der Waals surface area contributed by atoms with Gasteiger partial charge in [0.1, 0.15) is 5.82 Å². The van der Waals surface area contributed by atoms with Gasteiger partial charge < -0.3 is 5.32 Å². The minimum absolute atomic E-state index is 0.671. The monoisotopic (exact) mass is 262 g/mol. The Morgan fingerprint density at radius 2 is 2.11 bits per heavy atom. The van der Waals surface area contributed by atoms with Crippen LogP contribution in [-0.2, 0) is 10.8 Å². The number of hydrogen-bond donors (Lipinski definition) is 1. The van der Waals surface area contributed by atoms with Crippen LogP contribution in [0.4, 0.5) is 5.82 Å². The summed E-state index contributed by atoms with van der Waals surface area (Å²) in [6.07, 6.45) is 0. The maximum atomic E-state index is 11.4. The number of hydrogen-bond acceptors (Lipinski definition) is 3. The average Bonchev–Trinajstić information content (AvgIpc) is 2.39. The Morgan fingerprint density at radius 3 is 2.89 bits per heavy atom. The lowest BCUT2D eigenvalue weighted by molar-refractivity contribution is 0.684. The maximum Gasteiger partial charge on any atom is 0.129 e. The molecule has 1 aromatic carbocycles. The molecule has 0 radical (unpaired) electrons. The van der Waals surface area contributed by atoms with E-state index < -0.39 is 10.8 Å². The Labute approximate surface area is 110 Å². The van der Waals surface area contributed by atoms with Gasteiger partial charge in [0.25, 0.3) is 0 Å². The van der Waals surface area contributed by atoms with E-state index in [1.54, 1.807) is 0 Å². The molecule has 0 amide bonds. The van der Waals surface area contributed by atoms with Gasteiger partial charge >= 0.3 is 0 Å². The summed E-state index contributed by atoms with van der Waals surface area (Å²) < 4.78 is 11.4. The molecule has 1 N–H and O–H groups in total. The van der Waals surface area contributed by atoms with Crippen LogP contribution in [0.25, 0.3) is 10.9 Å². The fraction of sp³-hybridized carbons (Fsp3) is 0.357. The highest BCUT2D eigenvalue weighted by Crippen LogP contribution is 2.19. The van der Waals surface area contributed by atoms with Crippen molar-refractivity contribution in [3.63, 3.8) is 0 Å². The highest BCUT2D eigenvalue weighted by Gasteiger charge is 2.03. The lowest BCUT2D eigenvalue weighted by Gasteiger charge is -2.09. The minimum Gasteiger partial charge on any atom is -0.369 e. The van der Waals surface area contributed by atoms with E-state index in [4.69, 9.17) is 0 Å². The van der Waals surface area contributed by atoms with Crippen molar-refractivity contribution in [3.8, 4) is 0 Å². The lowest BCUT2D eigenvalue weighted by atomic mass is 10.1. The lowest BCUT2D eigenvalue weighted by Crippen LogP contribution is -2.13. The Morgan fingerprint density at radius 1 is 1.33 bits per heavy atom. The van der Waals surface area contributed by atoms with E-state index in [2.05, 4.69) is 22.4 Å². The molecule has 96 valence electrons. The predicted molar refractivity (Wildman–Crippen MR) is 78.5 cm³/mol. The molecule has 0 aliphatic carbocycles. The molecule has 0 saturated heterocycles. The zero-order valence-electron chi connectivity index (χ0n) is 10.8. The number of pyridine rings is 1. The first kappa shape index (κ1) is 13.0. The van der Waals surface area contributed by atoms with Crippen molar-refractivity contribution in [1.29, 1.82) is 0 Å². The highest BCUT2D eigenvalue weighted by molar-refractivity contribution is 7.84. The van der Waals surface area contributed by atoms with Gasteiger partial charge in [-0.25, -0.2) is 4.98 Å². The number of fused-ring (bicyclic) bond motifs is 1. The van der Waals surface area contributed by atoms with Crippen LogP contribution in [-0.4, -0.2) is 27.2 Å². The first-order chi connectivity index (χ1) is 8.70. The van der Waals surface area contributed by atoms with E-state index in [-0.39, 0.29) is 0 Å². The summed E-state index contributed by atoms with van der Waals surface area (Å²) in [6.45, 7) is 4.68. The van der Waals surface area contributed by atoms with E-state index >= 15 is 0 Å². The molecule has 0 bridgehead atoms. The number of nitrogens with zero attached hydrogens (tertiary/aromatic N) is 1. The predicted octanol–water partition coefficient (Wildman–Crippen LogP) is 2.72. The second-order valence-electron chi connectivity index (χ2n) is 4.21. The number of nitrogens with one attached hydrogen (secondary N) is 1. The van der Waals surface area contributed by atoms with Crippen LogP contribution < -0.4 is 5.32 Å². The third-order valence-electron chi connectivity index (χ3n) is 2.86. The third-order valence-corrected chi connectivity index (χ3v) is 4.16. The quantitative estimate of drug-likeness (QED) is 0.901. The molecule has 0 aliphatic rings. The SMILES string of the molecule is CCS(=O)CCNc1nc2ccccc2cc1C. The molecular formula is C14H18N2OS. The molecule has 0 fully saturated rings. The Hall–Kier alpha value is -1.42. The normalized spacial score (nSPS) is 12.6. The Kier molecular flexibility index (Phi) is 4.31. The number of anilines is 1. The second-order valence-corrected chi connectivity index (χ2v) is 6.07. The van der Waals surface area contributed by atoms with E-state index in [0.717, 1.165) is 22.3 Å². The molecule has 2 aromatic rings. The number of para-hydroxylation sites is 1. The van der Waals surface area contributed by atoms with E-state index in [1.807, 2.05) is 32.0 Å². The fourth-order valence-corrected chi connectivity index (χ4v) is 2.45. The highest BCUT2D eigenvalue weighted by atomic mass is 32.2. The molecule has 1 atom stereocenters. The van der Waals surface area contributed by atoms with Crippen molar-refractivity contribution in [2.45, 2.75) is 13.8 Å². The second kappa shape index (κ2) is 5.96. The number of aryl methyl sites for hydroxylation is 1. The molecule has 1 aromatic heterocycles. The Balaban J connectivity index is 2.13. The van der Waals surface area contributed by atoms with Crippen LogP contribution in [0, 0.1) is 6.92 Å². The van der Waals surface area contributed by atoms with Gasteiger partial charge in [0, 0.05) is 34.2 Å². The number of benzene rings is 1. The van der Waals surface area contributed by atoms with Gasteiger partial charge in [-0.15, -0.1) is 0 Å². The van der Waals surface area contributed by atoms with Gasteiger partial charge in [-0.05, 0) is 24.6 Å². The van der Waals surface area contributed by atoms with Crippen molar-refractivity contribution in [2.24, 2.45) is 0 Å². The van der Waals surface area contributed by atoms with Crippen molar-refractivity contribution in [1.82, 2.24) is 4.98 Å². The molecule has 1 heterocycles. The summed E-state index contributed by atoms with van der Waals surface area (Å²) in [6, 6.07) is 10.2.